The van der Waals surface area contributed by atoms with Crippen molar-refractivity contribution < 1.29 is 9.13 Å². The van der Waals surface area contributed by atoms with Crippen molar-refractivity contribution >= 4 is 10.9 Å². The molecule has 6 rings (SSSR count). The zero-order chi connectivity index (χ0) is 25.5. The third-order valence-corrected chi connectivity index (χ3v) is 7.48. The molecule has 6 nitrogen and oxygen atoms in total. The summed E-state index contributed by atoms with van der Waals surface area (Å²) < 4.78 is 22.7. The Morgan fingerprint density at radius 1 is 1.03 bits per heavy atom. The summed E-state index contributed by atoms with van der Waals surface area (Å²) in [6, 6.07) is 21.9. The number of aryl methyl sites for hydroxylation is 1. The van der Waals surface area contributed by atoms with Crippen molar-refractivity contribution in [1.29, 1.82) is 0 Å². The fourth-order valence-corrected chi connectivity index (χ4v) is 5.60. The Balaban J connectivity index is 1.46. The molecule has 0 unspecified atom stereocenters. The van der Waals surface area contributed by atoms with Gasteiger partial charge in [-0.3, -0.25) is 0 Å². The maximum Gasteiger partial charge on any atom is 0.177 e. The Bertz CT molecular complexity index is 1540. The van der Waals surface area contributed by atoms with E-state index in [9.17, 15) is 4.39 Å². The Morgan fingerprint density at radius 2 is 1.84 bits per heavy atom. The lowest BCUT2D eigenvalue weighted by molar-refractivity contribution is 0.306. The van der Waals surface area contributed by atoms with Crippen molar-refractivity contribution in [3.63, 3.8) is 0 Å². The lowest BCUT2D eigenvalue weighted by Crippen LogP contribution is -2.22. The predicted octanol–water partition coefficient (Wildman–Crippen LogP) is 6.95. The zero-order valence-corrected chi connectivity index (χ0v) is 21.3. The third kappa shape index (κ3) is 4.28. The van der Waals surface area contributed by atoms with E-state index in [0.29, 0.717) is 24.0 Å². The highest BCUT2D eigenvalue weighted by molar-refractivity contribution is 5.89. The standard InChI is InChI=1S/C30H30FN5O/c1-18(2)29-28(21-14-22(15-21)30-32-34-35-33-30)25-16-24(37-17-20-7-5-4-6-8-20)10-12-27(25)36(29)23-9-11-26(31)19(3)13-23/h4-13,16,18,21-22H,14-15,17H2,1-3H3,(H,32,33,34,35)/t21-,22+. The highest BCUT2D eigenvalue weighted by atomic mass is 19.1. The molecule has 1 N–H and O–H groups in total. The normalized spacial score (nSPS) is 17.3. The first-order chi connectivity index (χ1) is 18.0. The van der Waals surface area contributed by atoms with Gasteiger partial charge in [-0.05, 0) is 84.7 Å². The van der Waals surface area contributed by atoms with Crippen LogP contribution in [0.5, 0.6) is 5.75 Å². The van der Waals surface area contributed by atoms with Crippen LogP contribution in [-0.4, -0.2) is 25.2 Å². The van der Waals surface area contributed by atoms with Crippen LogP contribution in [0, 0.1) is 12.7 Å². The van der Waals surface area contributed by atoms with Gasteiger partial charge in [-0.2, -0.15) is 5.21 Å². The Morgan fingerprint density at radius 3 is 2.54 bits per heavy atom. The first-order valence-electron chi connectivity index (χ1n) is 12.8. The Labute approximate surface area is 215 Å². The molecular weight excluding hydrogens is 465 g/mol. The number of halogens is 1. The molecule has 0 saturated heterocycles. The minimum absolute atomic E-state index is 0.190. The molecule has 188 valence electrons. The van der Waals surface area contributed by atoms with Crippen molar-refractivity contribution in [2.24, 2.45) is 0 Å². The van der Waals surface area contributed by atoms with Crippen molar-refractivity contribution in [3.8, 4) is 11.4 Å². The smallest absolute Gasteiger partial charge is 0.177 e. The summed E-state index contributed by atoms with van der Waals surface area (Å²) in [6.45, 7) is 6.79. The number of hydrogen-bond donors (Lipinski definition) is 1. The number of benzene rings is 3. The van der Waals surface area contributed by atoms with Gasteiger partial charge in [0.1, 0.15) is 18.2 Å². The van der Waals surface area contributed by atoms with Gasteiger partial charge in [-0.25, -0.2) is 4.39 Å². The molecule has 0 aliphatic heterocycles. The molecule has 0 atom stereocenters. The number of nitrogens with zero attached hydrogens (tertiary/aromatic N) is 4. The average Bonchev–Trinajstić information content (AvgIpc) is 3.51. The van der Waals surface area contributed by atoms with Crippen LogP contribution >= 0.6 is 0 Å². The lowest BCUT2D eigenvalue weighted by Gasteiger charge is -2.34. The van der Waals surface area contributed by atoms with Crippen molar-refractivity contribution in [2.45, 2.75) is 58.0 Å². The molecular formula is C30H30FN5O. The Hall–Kier alpha value is -4.00. The molecule has 37 heavy (non-hydrogen) atoms. The van der Waals surface area contributed by atoms with E-state index in [-0.39, 0.29) is 11.7 Å². The summed E-state index contributed by atoms with van der Waals surface area (Å²) in [7, 11) is 0. The number of tetrazole rings is 1. The first-order valence-corrected chi connectivity index (χ1v) is 12.8. The maximum atomic E-state index is 14.2. The monoisotopic (exact) mass is 495 g/mol. The second-order valence-electron chi connectivity index (χ2n) is 10.3. The number of ether oxygens (including phenoxy) is 1. The van der Waals surface area contributed by atoms with E-state index in [1.165, 1.54) is 16.6 Å². The van der Waals surface area contributed by atoms with Crippen LogP contribution < -0.4 is 4.74 Å². The van der Waals surface area contributed by atoms with Gasteiger partial charge in [-0.15, -0.1) is 10.2 Å². The summed E-state index contributed by atoms with van der Waals surface area (Å²) >= 11 is 0. The van der Waals surface area contributed by atoms with Crippen LogP contribution in [0.2, 0.25) is 0 Å². The fourth-order valence-electron chi connectivity index (χ4n) is 5.60. The van der Waals surface area contributed by atoms with Crippen LogP contribution in [0.25, 0.3) is 16.6 Å². The van der Waals surface area contributed by atoms with Gasteiger partial charge in [0.25, 0.3) is 0 Å². The number of aromatic nitrogens is 5. The summed E-state index contributed by atoms with van der Waals surface area (Å²) in [5, 5.41) is 15.9. The molecule has 5 aromatic rings. The molecule has 1 fully saturated rings. The van der Waals surface area contributed by atoms with Crippen molar-refractivity contribution in [3.05, 3.63) is 101 Å². The van der Waals surface area contributed by atoms with E-state index < -0.39 is 0 Å². The summed E-state index contributed by atoms with van der Waals surface area (Å²) in [5.74, 6) is 2.38. The zero-order valence-electron chi connectivity index (χ0n) is 21.3. The summed E-state index contributed by atoms with van der Waals surface area (Å²) in [6.07, 6.45) is 1.94. The number of fused-ring (bicyclic) bond motifs is 1. The van der Waals surface area contributed by atoms with Crippen LogP contribution in [0.15, 0.2) is 66.7 Å². The van der Waals surface area contributed by atoms with Crippen LogP contribution in [0.1, 0.15) is 72.7 Å². The van der Waals surface area contributed by atoms with E-state index >= 15 is 0 Å². The number of H-pyrrole nitrogens is 1. The van der Waals surface area contributed by atoms with E-state index in [0.717, 1.165) is 41.2 Å². The molecule has 2 aromatic heterocycles. The van der Waals surface area contributed by atoms with Gasteiger partial charge >= 0.3 is 0 Å². The first kappa shape index (κ1) is 23.4. The minimum atomic E-state index is -0.190. The molecule has 3 aromatic carbocycles. The SMILES string of the molecule is Cc1cc(-n2c(C(C)C)c([C@H]3C[C@@H](c4nn[nH]n4)C3)c3cc(OCc4ccccc4)ccc32)ccc1F. The van der Waals surface area contributed by atoms with Gasteiger partial charge in [-0.1, -0.05) is 49.4 Å². The molecule has 2 heterocycles. The molecule has 1 saturated carbocycles. The third-order valence-electron chi connectivity index (χ3n) is 7.48. The second kappa shape index (κ2) is 9.47. The summed E-state index contributed by atoms with van der Waals surface area (Å²) in [5.41, 5.74) is 6.46. The molecule has 7 heteroatoms. The average molecular weight is 496 g/mol. The van der Waals surface area contributed by atoms with E-state index in [4.69, 9.17) is 4.74 Å². The minimum Gasteiger partial charge on any atom is -0.489 e. The molecule has 0 radical (unpaired) electrons. The van der Waals surface area contributed by atoms with Gasteiger partial charge in [0.15, 0.2) is 5.82 Å². The molecule has 0 bridgehead atoms. The topological polar surface area (TPSA) is 68.6 Å². The molecule has 0 spiro atoms. The van der Waals surface area contributed by atoms with E-state index in [1.54, 1.807) is 6.07 Å². The van der Waals surface area contributed by atoms with Gasteiger partial charge < -0.3 is 9.30 Å². The number of nitrogens with one attached hydrogen (secondary N) is 1. The largest absolute Gasteiger partial charge is 0.489 e. The van der Waals surface area contributed by atoms with Crippen molar-refractivity contribution in [2.75, 3.05) is 0 Å². The van der Waals surface area contributed by atoms with Gasteiger partial charge in [0, 0.05) is 22.7 Å². The highest BCUT2D eigenvalue weighted by Crippen LogP contribution is 2.51. The second-order valence-corrected chi connectivity index (χ2v) is 10.3. The van der Waals surface area contributed by atoms with Crippen molar-refractivity contribution in [1.82, 2.24) is 25.2 Å². The predicted molar refractivity (Wildman–Crippen MR) is 142 cm³/mol. The number of hydrogen-bond acceptors (Lipinski definition) is 4. The molecule has 0 amide bonds. The van der Waals surface area contributed by atoms with Crippen LogP contribution in [0.4, 0.5) is 4.39 Å². The fraction of sp³-hybridized carbons (Fsp3) is 0.300. The number of rotatable bonds is 7. The van der Waals surface area contributed by atoms with Gasteiger partial charge in [0.05, 0.1) is 5.52 Å². The Kier molecular flexibility index (Phi) is 5.99. The van der Waals surface area contributed by atoms with E-state index in [2.05, 4.69) is 63.3 Å². The van der Waals surface area contributed by atoms with Gasteiger partial charge in [0.2, 0.25) is 0 Å². The highest BCUT2D eigenvalue weighted by Gasteiger charge is 2.38. The molecule has 1 aliphatic carbocycles. The lowest BCUT2D eigenvalue weighted by atomic mass is 9.69. The maximum absolute atomic E-state index is 14.2. The quantitative estimate of drug-likeness (QED) is 0.265. The number of aromatic amines is 1. The van der Waals surface area contributed by atoms with E-state index in [1.807, 2.05) is 43.3 Å². The summed E-state index contributed by atoms with van der Waals surface area (Å²) in [4.78, 5) is 0. The van der Waals surface area contributed by atoms with Crippen LogP contribution in [-0.2, 0) is 6.61 Å². The van der Waals surface area contributed by atoms with Crippen LogP contribution in [0.3, 0.4) is 0 Å². The molecule has 1 aliphatic rings.